The molecule has 2 amide bonds. The van der Waals surface area contributed by atoms with Crippen LogP contribution in [0.2, 0.25) is 0 Å². The summed E-state index contributed by atoms with van der Waals surface area (Å²) in [6.07, 6.45) is 4.03. The van der Waals surface area contributed by atoms with E-state index in [1.807, 2.05) is 24.3 Å². The average molecular weight is 431 g/mol. The molecule has 1 aromatic heterocycles. The first-order chi connectivity index (χ1) is 15.6. The molecule has 1 aliphatic carbocycles. The van der Waals surface area contributed by atoms with E-state index < -0.39 is 0 Å². The second kappa shape index (κ2) is 9.51. The number of amides is 2. The van der Waals surface area contributed by atoms with Crippen LogP contribution in [0.4, 0.5) is 0 Å². The third-order valence-electron chi connectivity index (χ3n) is 5.50. The lowest BCUT2D eigenvalue weighted by Crippen LogP contribution is -2.38. The van der Waals surface area contributed by atoms with Crippen molar-refractivity contribution in [3.63, 3.8) is 0 Å². The lowest BCUT2D eigenvalue weighted by molar-refractivity contribution is 0.0931. The highest BCUT2D eigenvalue weighted by molar-refractivity contribution is 5.94. The quantitative estimate of drug-likeness (QED) is 0.623. The van der Waals surface area contributed by atoms with Gasteiger partial charge in [-0.05, 0) is 66.8 Å². The molecule has 7 nitrogen and oxygen atoms in total. The minimum Gasteiger partial charge on any atom is -0.497 e. The van der Waals surface area contributed by atoms with Crippen LogP contribution in [-0.4, -0.2) is 37.0 Å². The van der Waals surface area contributed by atoms with Crippen LogP contribution in [0, 0.1) is 0 Å². The van der Waals surface area contributed by atoms with Gasteiger partial charge < -0.3 is 20.1 Å². The molecule has 7 heteroatoms. The van der Waals surface area contributed by atoms with Gasteiger partial charge in [0.15, 0.2) is 0 Å². The fourth-order valence-electron chi connectivity index (χ4n) is 3.82. The number of carbonyl (C=O) groups is 2. The van der Waals surface area contributed by atoms with Gasteiger partial charge in [-0.2, -0.15) is 0 Å². The highest BCUT2D eigenvalue weighted by atomic mass is 16.5. The zero-order valence-electron chi connectivity index (χ0n) is 18.1. The number of hydrogen-bond donors (Lipinski definition) is 2. The summed E-state index contributed by atoms with van der Waals surface area (Å²) in [6.45, 7) is 0. The first-order valence-corrected chi connectivity index (χ1v) is 10.5. The van der Waals surface area contributed by atoms with Gasteiger partial charge >= 0.3 is 0 Å². The standard InChI is InChI=1S/C25H25N3O4/c1-26-25(30)23-15-22(10-11-27-23)32-21-9-7-16-6-8-19(12-18(16)14-21)28-24(29)17-4-3-5-20(13-17)31-2/h3-5,7,9-11,13-15,19H,6,8,12H2,1-2H3,(H,26,30)(H,28,29). The molecule has 1 heterocycles. The van der Waals surface area contributed by atoms with Gasteiger partial charge in [0.25, 0.3) is 11.8 Å². The largest absolute Gasteiger partial charge is 0.497 e. The molecular weight excluding hydrogens is 406 g/mol. The van der Waals surface area contributed by atoms with Gasteiger partial charge in [0.05, 0.1) is 7.11 Å². The molecule has 3 aromatic rings. The topological polar surface area (TPSA) is 89.6 Å². The molecule has 0 bridgehead atoms. The molecule has 0 aliphatic heterocycles. The van der Waals surface area contributed by atoms with Crippen molar-refractivity contribution in [2.75, 3.05) is 14.2 Å². The van der Waals surface area contributed by atoms with Gasteiger partial charge in [-0.3, -0.25) is 14.6 Å². The highest BCUT2D eigenvalue weighted by Gasteiger charge is 2.21. The van der Waals surface area contributed by atoms with Gasteiger partial charge in [0.2, 0.25) is 0 Å². The maximum Gasteiger partial charge on any atom is 0.269 e. The zero-order valence-corrected chi connectivity index (χ0v) is 18.1. The number of carbonyl (C=O) groups excluding carboxylic acids is 2. The number of aryl methyl sites for hydroxylation is 1. The van der Waals surface area contributed by atoms with E-state index in [0.29, 0.717) is 28.5 Å². The Balaban J connectivity index is 1.45. The molecule has 0 fully saturated rings. The number of fused-ring (bicyclic) bond motifs is 1. The zero-order chi connectivity index (χ0) is 22.5. The van der Waals surface area contributed by atoms with E-state index in [0.717, 1.165) is 24.8 Å². The smallest absolute Gasteiger partial charge is 0.269 e. The number of rotatable bonds is 6. The van der Waals surface area contributed by atoms with Crippen molar-refractivity contribution >= 4 is 11.8 Å². The van der Waals surface area contributed by atoms with Gasteiger partial charge in [-0.15, -0.1) is 0 Å². The second-order valence-corrected chi connectivity index (χ2v) is 7.63. The minimum absolute atomic E-state index is 0.0391. The van der Waals surface area contributed by atoms with E-state index in [9.17, 15) is 9.59 Å². The van der Waals surface area contributed by atoms with Crippen molar-refractivity contribution < 1.29 is 19.1 Å². The first kappa shape index (κ1) is 21.4. The molecule has 1 unspecified atom stereocenters. The molecule has 164 valence electrons. The van der Waals surface area contributed by atoms with E-state index in [1.165, 1.54) is 5.56 Å². The van der Waals surface area contributed by atoms with E-state index >= 15 is 0 Å². The third-order valence-corrected chi connectivity index (χ3v) is 5.50. The minimum atomic E-state index is -0.268. The van der Waals surface area contributed by atoms with Crippen LogP contribution in [0.15, 0.2) is 60.8 Å². The van der Waals surface area contributed by atoms with Crippen LogP contribution in [0.1, 0.15) is 38.4 Å². The Kier molecular flexibility index (Phi) is 6.35. The summed E-state index contributed by atoms with van der Waals surface area (Å²) in [4.78, 5) is 28.5. The Hall–Kier alpha value is -3.87. The fourth-order valence-corrected chi connectivity index (χ4v) is 3.82. The number of nitrogens with zero attached hydrogens (tertiary/aromatic N) is 1. The van der Waals surface area contributed by atoms with Crippen molar-refractivity contribution in [1.82, 2.24) is 15.6 Å². The highest BCUT2D eigenvalue weighted by Crippen LogP contribution is 2.29. The van der Waals surface area contributed by atoms with E-state index in [1.54, 1.807) is 44.6 Å². The van der Waals surface area contributed by atoms with Crippen molar-refractivity contribution in [3.8, 4) is 17.2 Å². The number of hydrogen-bond acceptors (Lipinski definition) is 5. The number of aromatic nitrogens is 1. The molecular formula is C25H25N3O4. The van der Waals surface area contributed by atoms with Crippen LogP contribution in [0.25, 0.3) is 0 Å². The molecule has 1 atom stereocenters. The van der Waals surface area contributed by atoms with Gasteiger partial charge in [-0.25, -0.2) is 0 Å². The number of methoxy groups -OCH3 is 1. The number of pyridine rings is 1. The molecule has 2 N–H and O–H groups in total. The van der Waals surface area contributed by atoms with Crippen LogP contribution in [-0.2, 0) is 12.8 Å². The summed E-state index contributed by atoms with van der Waals surface area (Å²) in [7, 11) is 3.14. The van der Waals surface area contributed by atoms with E-state index in [4.69, 9.17) is 9.47 Å². The Labute approximate surface area is 186 Å². The van der Waals surface area contributed by atoms with Crippen LogP contribution >= 0.6 is 0 Å². The van der Waals surface area contributed by atoms with Crippen molar-refractivity contribution in [2.45, 2.75) is 25.3 Å². The third kappa shape index (κ3) is 4.88. The maximum absolute atomic E-state index is 12.7. The molecule has 4 rings (SSSR count). The lowest BCUT2D eigenvalue weighted by Gasteiger charge is -2.26. The lowest BCUT2D eigenvalue weighted by atomic mass is 9.88. The van der Waals surface area contributed by atoms with Crippen LogP contribution < -0.4 is 20.1 Å². The predicted molar refractivity (Wildman–Crippen MR) is 120 cm³/mol. The molecule has 0 spiro atoms. The van der Waals surface area contributed by atoms with Crippen molar-refractivity contribution in [2.24, 2.45) is 0 Å². The summed E-state index contributed by atoms with van der Waals surface area (Å²) in [5.41, 5.74) is 3.27. The Morgan fingerprint density at radius 2 is 1.81 bits per heavy atom. The van der Waals surface area contributed by atoms with E-state index in [2.05, 4.69) is 21.7 Å². The molecule has 1 aliphatic rings. The average Bonchev–Trinajstić information content (AvgIpc) is 2.83. The van der Waals surface area contributed by atoms with Crippen molar-refractivity contribution in [1.29, 1.82) is 0 Å². The molecule has 32 heavy (non-hydrogen) atoms. The predicted octanol–water partition coefficient (Wildman–Crippen LogP) is 3.53. The molecule has 0 radical (unpaired) electrons. The number of benzene rings is 2. The summed E-state index contributed by atoms with van der Waals surface area (Å²) in [5, 5.41) is 5.69. The fraction of sp³-hybridized carbons (Fsp3) is 0.240. The van der Waals surface area contributed by atoms with Gasteiger partial charge in [0.1, 0.15) is 22.9 Å². The van der Waals surface area contributed by atoms with Gasteiger partial charge in [-0.1, -0.05) is 12.1 Å². The normalized spacial score (nSPS) is 14.8. The van der Waals surface area contributed by atoms with E-state index in [-0.39, 0.29) is 17.9 Å². The van der Waals surface area contributed by atoms with Crippen molar-refractivity contribution in [3.05, 3.63) is 83.2 Å². The monoisotopic (exact) mass is 431 g/mol. The SMILES string of the molecule is CNC(=O)c1cc(Oc2ccc3c(c2)CC(NC(=O)c2cccc(OC)c2)CC3)ccn1. The molecule has 0 saturated carbocycles. The summed E-state index contributed by atoms with van der Waals surface area (Å²) >= 11 is 0. The second-order valence-electron chi connectivity index (χ2n) is 7.63. The summed E-state index contributed by atoms with van der Waals surface area (Å²) in [5.74, 6) is 1.50. The first-order valence-electron chi connectivity index (χ1n) is 10.5. The Morgan fingerprint density at radius 3 is 2.62 bits per heavy atom. The van der Waals surface area contributed by atoms with Crippen LogP contribution in [0.5, 0.6) is 17.2 Å². The van der Waals surface area contributed by atoms with Crippen LogP contribution in [0.3, 0.4) is 0 Å². The number of nitrogens with one attached hydrogen (secondary N) is 2. The molecule has 2 aromatic carbocycles. The van der Waals surface area contributed by atoms with Gasteiger partial charge in [0, 0.05) is 30.9 Å². The summed E-state index contributed by atoms with van der Waals surface area (Å²) < 4.78 is 11.2. The number of ether oxygens (including phenoxy) is 2. The maximum atomic E-state index is 12.7. The Morgan fingerprint density at radius 1 is 0.969 bits per heavy atom. The molecule has 0 saturated heterocycles. The summed E-state index contributed by atoms with van der Waals surface area (Å²) in [6, 6.07) is 16.5. The Bertz CT molecular complexity index is 1150.